The fourth-order valence-electron chi connectivity index (χ4n) is 2.47. The van der Waals surface area contributed by atoms with Crippen LogP contribution in [0.4, 0.5) is 5.69 Å². The number of carboxylic acid groups (broad SMARTS) is 1. The summed E-state index contributed by atoms with van der Waals surface area (Å²) in [6.45, 7) is 0. The Hall–Kier alpha value is -3.22. The fraction of sp³-hybridized carbons (Fsp3) is 0.263. The van der Waals surface area contributed by atoms with Crippen molar-refractivity contribution in [3.8, 4) is 17.2 Å². The van der Waals surface area contributed by atoms with E-state index in [1.165, 1.54) is 21.3 Å². The number of aliphatic carboxylic acids is 1. The quantitative estimate of drug-likeness (QED) is 0.752. The van der Waals surface area contributed by atoms with Crippen LogP contribution in [0.15, 0.2) is 36.4 Å². The van der Waals surface area contributed by atoms with Gasteiger partial charge in [-0.1, -0.05) is 12.1 Å². The number of nitrogens with one attached hydrogen (secondary N) is 1. The summed E-state index contributed by atoms with van der Waals surface area (Å²) in [5.74, 6) is -0.0434. The molecule has 7 nitrogen and oxygen atoms in total. The van der Waals surface area contributed by atoms with E-state index in [1.54, 1.807) is 30.3 Å². The van der Waals surface area contributed by atoms with Crippen molar-refractivity contribution in [1.29, 1.82) is 0 Å². The second-order valence-electron chi connectivity index (χ2n) is 5.46. The fourth-order valence-corrected chi connectivity index (χ4v) is 2.47. The molecule has 2 N–H and O–H groups in total. The summed E-state index contributed by atoms with van der Waals surface area (Å²) in [5.41, 5.74) is 1.75. The Kier molecular flexibility index (Phi) is 6.43. The zero-order chi connectivity index (χ0) is 19.1. The van der Waals surface area contributed by atoms with Gasteiger partial charge in [0.05, 0.1) is 21.3 Å². The van der Waals surface area contributed by atoms with Crippen molar-refractivity contribution in [2.75, 3.05) is 26.6 Å². The van der Waals surface area contributed by atoms with Gasteiger partial charge in [-0.2, -0.15) is 0 Å². The van der Waals surface area contributed by atoms with Crippen LogP contribution < -0.4 is 19.5 Å². The number of anilines is 1. The van der Waals surface area contributed by atoms with E-state index in [0.717, 1.165) is 5.56 Å². The number of carboxylic acids is 1. The molecule has 0 unspecified atom stereocenters. The van der Waals surface area contributed by atoms with Crippen molar-refractivity contribution in [3.63, 3.8) is 0 Å². The number of rotatable bonds is 8. The maximum Gasteiger partial charge on any atom is 0.303 e. The first-order chi connectivity index (χ1) is 12.5. The van der Waals surface area contributed by atoms with Crippen LogP contribution in [-0.2, 0) is 11.2 Å². The molecule has 0 atom stereocenters. The molecule has 1 amide bonds. The first-order valence-corrected chi connectivity index (χ1v) is 7.90. The molecule has 0 saturated carbocycles. The van der Waals surface area contributed by atoms with Crippen LogP contribution in [0.3, 0.4) is 0 Å². The summed E-state index contributed by atoms with van der Waals surface area (Å²) in [6, 6.07) is 10.2. The number of hydrogen-bond acceptors (Lipinski definition) is 5. The first kappa shape index (κ1) is 19.1. The molecule has 0 saturated heterocycles. The lowest BCUT2D eigenvalue weighted by molar-refractivity contribution is -0.136. The predicted octanol–water partition coefficient (Wildman–Crippen LogP) is 2.98. The summed E-state index contributed by atoms with van der Waals surface area (Å²) in [7, 11) is 4.44. The summed E-state index contributed by atoms with van der Waals surface area (Å²) in [5, 5.41) is 11.6. The molecule has 138 valence electrons. The molecular weight excluding hydrogens is 338 g/mol. The second kappa shape index (κ2) is 8.75. The number of amides is 1. The number of methoxy groups -OCH3 is 3. The lowest BCUT2D eigenvalue weighted by Crippen LogP contribution is -2.13. The van der Waals surface area contributed by atoms with Gasteiger partial charge in [0.1, 0.15) is 0 Å². The van der Waals surface area contributed by atoms with Gasteiger partial charge >= 0.3 is 5.97 Å². The number of aryl methyl sites for hydroxylation is 1. The third kappa shape index (κ3) is 4.66. The van der Waals surface area contributed by atoms with Crippen molar-refractivity contribution in [1.82, 2.24) is 0 Å². The van der Waals surface area contributed by atoms with Crippen LogP contribution in [-0.4, -0.2) is 38.3 Å². The molecule has 26 heavy (non-hydrogen) atoms. The van der Waals surface area contributed by atoms with Gasteiger partial charge < -0.3 is 24.6 Å². The van der Waals surface area contributed by atoms with Crippen molar-refractivity contribution in [3.05, 3.63) is 47.5 Å². The van der Waals surface area contributed by atoms with Gasteiger partial charge in [0.2, 0.25) is 5.75 Å². The molecule has 0 aliphatic rings. The standard InChI is InChI=1S/C19H21NO6/c1-24-15-10-13(11-16(25-2)18(15)26-3)19(23)20-14-6-4-5-12(9-14)7-8-17(21)22/h4-6,9-11H,7-8H2,1-3H3,(H,20,23)(H,21,22). The van der Waals surface area contributed by atoms with Gasteiger partial charge in [0.15, 0.2) is 11.5 Å². The largest absolute Gasteiger partial charge is 0.493 e. The Morgan fingerprint density at radius 2 is 1.65 bits per heavy atom. The summed E-state index contributed by atoms with van der Waals surface area (Å²) in [4.78, 5) is 23.3. The summed E-state index contributed by atoms with van der Waals surface area (Å²) in [6.07, 6.45) is 0.424. The van der Waals surface area contributed by atoms with Gasteiger partial charge in [0.25, 0.3) is 5.91 Å². The minimum atomic E-state index is -0.864. The zero-order valence-corrected chi connectivity index (χ0v) is 14.9. The molecule has 0 aliphatic carbocycles. The first-order valence-electron chi connectivity index (χ1n) is 7.90. The molecule has 0 heterocycles. The predicted molar refractivity (Wildman–Crippen MR) is 96.5 cm³/mol. The van der Waals surface area contributed by atoms with Gasteiger partial charge in [-0.15, -0.1) is 0 Å². The Morgan fingerprint density at radius 1 is 1.00 bits per heavy atom. The monoisotopic (exact) mass is 359 g/mol. The lowest BCUT2D eigenvalue weighted by atomic mass is 10.1. The number of carbonyl (C=O) groups is 2. The summed E-state index contributed by atoms with van der Waals surface area (Å²) >= 11 is 0. The number of benzene rings is 2. The van der Waals surface area contributed by atoms with Gasteiger partial charge in [-0.25, -0.2) is 0 Å². The van der Waals surface area contributed by atoms with Gasteiger partial charge in [-0.05, 0) is 36.2 Å². The summed E-state index contributed by atoms with van der Waals surface area (Å²) < 4.78 is 15.7. The normalized spacial score (nSPS) is 10.1. The zero-order valence-electron chi connectivity index (χ0n) is 14.9. The molecule has 0 radical (unpaired) electrons. The Morgan fingerprint density at radius 3 is 2.19 bits per heavy atom. The van der Waals surface area contributed by atoms with Gasteiger partial charge in [0, 0.05) is 17.7 Å². The minimum absolute atomic E-state index is 0.0320. The average Bonchev–Trinajstić information content (AvgIpc) is 2.65. The Bertz CT molecular complexity index is 777. The molecule has 7 heteroatoms. The highest BCUT2D eigenvalue weighted by Crippen LogP contribution is 2.38. The smallest absolute Gasteiger partial charge is 0.303 e. The number of carbonyl (C=O) groups excluding carboxylic acids is 1. The van der Waals surface area contributed by atoms with E-state index in [0.29, 0.717) is 34.9 Å². The van der Waals surface area contributed by atoms with E-state index < -0.39 is 5.97 Å². The van der Waals surface area contributed by atoms with E-state index in [2.05, 4.69) is 5.32 Å². The minimum Gasteiger partial charge on any atom is -0.493 e. The molecule has 0 aromatic heterocycles. The van der Waals surface area contributed by atoms with Crippen LogP contribution in [0.25, 0.3) is 0 Å². The maximum atomic E-state index is 12.6. The van der Waals surface area contributed by atoms with E-state index >= 15 is 0 Å². The van der Waals surface area contributed by atoms with E-state index in [-0.39, 0.29) is 12.3 Å². The van der Waals surface area contributed by atoms with Crippen molar-refractivity contribution in [2.24, 2.45) is 0 Å². The van der Waals surface area contributed by atoms with Gasteiger partial charge in [-0.3, -0.25) is 9.59 Å². The number of hydrogen-bond donors (Lipinski definition) is 2. The Balaban J connectivity index is 2.22. The Labute approximate surface area is 151 Å². The average molecular weight is 359 g/mol. The molecule has 2 aromatic carbocycles. The molecule has 0 aliphatic heterocycles. The van der Waals surface area contributed by atoms with Crippen LogP contribution in [0.5, 0.6) is 17.2 Å². The second-order valence-corrected chi connectivity index (χ2v) is 5.46. The highest BCUT2D eigenvalue weighted by molar-refractivity contribution is 6.05. The van der Waals surface area contributed by atoms with Crippen LogP contribution in [0, 0.1) is 0 Å². The lowest BCUT2D eigenvalue weighted by Gasteiger charge is -2.14. The van der Waals surface area contributed by atoms with Crippen molar-refractivity contribution >= 4 is 17.6 Å². The van der Waals surface area contributed by atoms with E-state index in [4.69, 9.17) is 19.3 Å². The third-order valence-electron chi connectivity index (χ3n) is 3.74. The maximum absolute atomic E-state index is 12.6. The van der Waals surface area contributed by atoms with E-state index in [1.807, 2.05) is 6.07 Å². The van der Waals surface area contributed by atoms with Crippen molar-refractivity contribution < 1.29 is 28.9 Å². The van der Waals surface area contributed by atoms with Crippen LogP contribution in [0.1, 0.15) is 22.3 Å². The van der Waals surface area contributed by atoms with Crippen LogP contribution in [0.2, 0.25) is 0 Å². The highest BCUT2D eigenvalue weighted by Gasteiger charge is 2.17. The van der Waals surface area contributed by atoms with E-state index in [9.17, 15) is 9.59 Å². The molecule has 0 spiro atoms. The molecule has 2 rings (SSSR count). The molecule has 2 aromatic rings. The highest BCUT2D eigenvalue weighted by atomic mass is 16.5. The SMILES string of the molecule is COc1cc(C(=O)Nc2cccc(CCC(=O)O)c2)cc(OC)c1OC. The van der Waals surface area contributed by atoms with Crippen molar-refractivity contribution in [2.45, 2.75) is 12.8 Å². The molecule has 0 fully saturated rings. The topological polar surface area (TPSA) is 94.1 Å². The van der Waals surface area contributed by atoms with Crippen LogP contribution >= 0.6 is 0 Å². The third-order valence-corrected chi connectivity index (χ3v) is 3.74. The number of ether oxygens (including phenoxy) is 3. The molecular formula is C19H21NO6. The molecule has 0 bridgehead atoms.